The molecule has 1 aromatic carbocycles. The zero-order valence-electron chi connectivity index (χ0n) is 18.3. The Morgan fingerprint density at radius 2 is 1.76 bits per heavy atom. The van der Waals surface area contributed by atoms with Gasteiger partial charge in [-0.3, -0.25) is 14.6 Å². The van der Waals surface area contributed by atoms with Crippen LogP contribution in [0, 0.1) is 0 Å². The molecule has 1 N–H and O–H groups in total. The number of carbonyl (C=O) groups excluding carboxylic acids is 2. The zero-order valence-corrected chi connectivity index (χ0v) is 19.0. The maximum atomic E-state index is 12.9. The number of nitrogens with one attached hydrogen (secondary N) is 1. The number of piperazine rings is 1. The van der Waals surface area contributed by atoms with E-state index in [9.17, 15) is 22.8 Å². The number of benzene rings is 1. The number of rotatable bonds is 5. The first-order valence-corrected chi connectivity index (χ1v) is 11.1. The highest BCUT2D eigenvalue weighted by molar-refractivity contribution is 6.31. The van der Waals surface area contributed by atoms with Crippen molar-refractivity contribution in [3.63, 3.8) is 0 Å². The minimum absolute atomic E-state index is 0.0470. The van der Waals surface area contributed by atoms with Crippen molar-refractivity contribution in [2.24, 2.45) is 0 Å². The van der Waals surface area contributed by atoms with Crippen molar-refractivity contribution < 1.29 is 22.8 Å². The molecule has 34 heavy (non-hydrogen) atoms. The second kappa shape index (κ2) is 9.50. The Bertz CT molecular complexity index is 1190. The number of aromatic nitrogens is 2. The first-order chi connectivity index (χ1) is 16.1. The molecule has 3 heterocycles. The van der Waals surface area contributed by atoms with Crippen molar-refractivity contribution in [1.29, 1.82) is 0 Å². The molecule has 0 radical (unpaired) electrons. The van der Waals surface area contributed by atoms with Crippen LogP contribution >= 0.6 is 11.6 Å². The molecule has 0 aliphatic carbocycles. The second-order valence-corrected chi connectivity index (χ2v) is 8.50. The fourth-order valence-electron chi connectivity index (χ4n) is 3.93. The van der Waals surface area contributed by atoms with Crippen LogP contribution in [-0.4, -0.2) is 52.7 Å². The van der Waals surface area contributed by atoms with Crippen molar-refractivity contribution >= 4 is 29.0 Å². The van der Waals surface area contributed by atoms with Crippen LogP contribution in [-0.2, 0) is 6.18 Å². The Balaban J connectivity index is 1.42. The molecule has 1 saturated heterocycles. The minimum atomic E-state index is -4.58. The van der Waals surface area contributed by atoms with Crippen LogP contribution in [0.5, 0.6) is 0 Å². The van der Waals surface area contributed by atoms with Gasteiger partial charge in [-0.2, -0.15) is 13.2 Å². The summed E-state index contributed by atoms with van der Waals surface area (Å²) in [5, 5.41) is -0.237. The number of aromatic amines is 1. The lowest BCUT2D eigenvalue weighted by Crippen LogP contribution is -2.48. The van der Waals surface area contributed by atoms with Crippen molar-refractivity contribution in [3.8, 4) is 0 Å². The normalized spacial score (nSPS) is 15.3. The van der Waals surface area contributed by atoms with Gasteiger partial charge in [0, 0.05) is 49.8 Å². The molecule has 0 unspecified atom stereocenters. The fraction of sp³-hybridized carbons (Fsp3) is 0.292. The van der Waals surface area contributed by atoms with Gasteiger partial charge in [0.25, 0.3) is 5.91 Å². The summed E-state index contributed by atoms with van der Waals surface area (Å²) in [6, 6.07) is 12.2. The zero-order chi connectivity index (χ0) is 24.5. The van der Waals surface area contributed by atoms with Crippen LogP contribution in [0.2, 0.25) is 5.02 Å². The summed E-state index contributed by atoms with van der Waals surface area (Å²) in [4.78, 5) is 36.4. The first-order valence-electron chi connectivity index (χ1n) is 10.7. The number of alkyl halides is 3. The Morgan fingerprint density at radius 3 is 2.38 bits per heavy atom. The Kier molecular flexibility index (Phi) is 6.65. The molecule has 2 aromatic heterocycles. The van der Waals surface area contributed by atoms with E-state index < -0.39 is 23.4 Å². The molecule has 1 aliphatic rings. The van der Waals surface area contributed by atoms with E-state index >= 15 is 0 Å². The number of amides is 1. The molecular formula is C24H22ClF3N4O2. The highest BCUT2D eigenvalue weighted by atomic mass is 35.5. The Labute approximate surface area is 199 Å². The quantitative estimate of drug-likeness (QED) is 0.509. The second-order valence-electron chi connectivity index (χ2n) is 8.09. The predicted octanol–water partition coefficient (Wildman–Crippen LogP) is 5.03. The summed E-state index contributed by atoms with van der Waals surface area (Å²) in [5.74, 6) is -1.51. The smallest absolute Gasteiger partial charge is 0.368 e. The molecule has 10 heteroatoms. The van der Waals surface area contributed by atoms with Crippen LogP contribution in [0.25, 0.3) is 0 Å². The Morgan fingerprint density at radius 1 is 1.09 bits per heavy atom. The van der Waals surface area contributed by atoms with E-state index in [1.807, 2.05) is 30.3 Å². The maximum absolute atomic E-state index is 12.9. The van der Waals surface area contributed by atoms with E-state index in [4.69, 9.17) is 11.6 Å². The monoisotopic (exact) mass is 490 g/mol. The lowest BCUT2D eigenvalue weighted by Gasteiger charge is -2.36. The number of hydrogen-bond donors (Lipinski definition) is 1. The van der Waals surface area contributed by atoms with Gasteiger partial charge in [-0.05, 0) is 31.2 Å². The molecule has 1 atom stereocenters. The van der Waals surface area contributed by atoms with Crippen molar-refractivity contribution in [3.05, 3.63) is 82.4 Å². The van der Waals surface area contributed by atoms with Crippen LogP contribution in [0.15, 0.2) is 54.9 Å². The summed E-state index contributed by atoms with van der Waals surface area (Å²) in [5.41, 5.74) is 0.673. The summed E-state index contributed by atoms with van der Waals surface area (Å²) < 4.78 is 38.6. The lowest BCUT2D eigenvalue weighted by atomic mass is 9.97. The standard InChI is InChI=1S/C24H22ClF3N4O2/c1-15(21-19(25)12-17(14-30-21)24(26,27)28)22(33)16-11-20(29-13-16)23(34)32-9-7-31(8-10-32)18-5-3-2-4-6-18/h2-6,11-15,29H,7-10H2,1H3/t15-/m1/s1. The number of anilines is 1. The molecule has 4 rings (SSSR count). The summed E-state index contributed by atoms with van der Waals surface area (Å²) >= 11 is 5.99. The summed E-state index contributed by atoms with van der Waals surface area (Å²) in [6.07, 6.45) is -2.50. The van der Waals surface area contributed by atoms with Gasteiger partial charge < -0.3 is 14.8 Å². The molecule has 0 spiro atoms. The molecular weight excluding hydrogens is 469 g/mol. The van der Waals surface area contributed by atoms with Gasteiger partial charge in [0.05, 0.1) is 22.2 Å². The van der Waals surface area contributed by atoms with Crippen LogP contribution in [0.3, 0.4) is 0 Å². The fourth-order valence-corrected chi connectivity index (χ4v) is 4.26. The van der Waals surface area contributed by atoms with E-state index in [1.165, 1.54) is 19.2 Å². The van der Waals surface area contributed by atoms with Crippen molar-refractivity contribution in [1.82, 2.24) is 14.9 Å². The number of Topliss-reactive ketones (excluding diaryl/α,β-unsaturated/α-hetero) is 1. The van der Waals surface area contributed by atoms with Gasteiger partial charge in [-0.15, -0.1) is 0 Å². The number of H-pyrrole nitrogens is 1. The number of carbonyl (C=O) groups is 2. The van der Waals surface area contributed by atoms with Gasteiger partial charge in [0.1, 0.15) is 5.69 Å². The number of halogens is 4. The predicted molar refractivity (Wildman–Crippen MR) is 122 cm³/mol. The van der Waals surface area contributed by atoms with Crippen LogP contribution in [0.1, 0.15) is 44.9 Å². The van der Waals surface area contributed by atoms with Gasteiger partial charge >= 0.3 is 6.18 Å². The van der Waals surface area contributed by atoms with Gasteiger partial charge in [-0.25, -0.2) is 0 Å². The van der Waals surface area contributed by atoms with Crippen LogP contribution < -0.4 is 4.90 Å². The molecule has 0 bridgehead atoms. The third-order valence-corrected chi connectivity index (χ3v) is 6.19. The molecule has 1 amide bonds. The summed E-state index contributed by atoms with van der Waals surface area (Å²) in [7, 11) is 0. The topological polar surface area (TPSA) is 69.3 Å². The van der Waals surface area contributed by atoms with Gasteiger partial charge in [0.15, 0.2) is 5.78 Å². The minimum Gasteiger partial charge on any atom is -0.368 e. The Hall–Kier alpha value is -3.33. The number of para-hydroxylation sites is 1. The highest BCUT2D eigenvalue weighted by Crippen LogP contribution is 2.33. The molecule has 3 aromatic rings. The molecule has 6 nitrogen and oxygen atoms in total. The van der Waals surface area contributed by atoms with E-state index in [0.717, 1.165) is 11.8 Å². The largest absolute Gasteiger partial charge is 0.417 e. The number of nitrogens with zero attached hydrogens (tertiary/aromatic N) is 3. The highest BCUT2D eigenvalue weighted by Gasteiger charge is 2.33. The third-order valence-electron chi connectivity index (χ3n) is 5.89. The molecule has 0 saturated carbocycles. The van der Waals surface area contributed by atoms with Gasteiger partial charge in [0.2, 0.25) is 0 Å². The van der Waals surface area contributed by atoms with E-state index in [2.05, 4.69) is 14.9 Å². The SMILES string of the molecule is C[C@@H](C(=O)c1c[nH]c(C(=O)N2CCN(c3ccccc3)CC2)c1)c1ncc(C(F)(F)F)cc1Cl. The number of ketones is 1. The average molecular weight is 491 g/mol. The molecule has 1 aliphatic heterocycles. The third kappa shape index (κ3) is 4.94. The summed E-state index contributed by atoms with van der Waals surface area (Å²) in [6.45, 7) is 3.98. The maximum Gasteiger partial charge on any atom is 0.417 e. The first kappa shape index (κ1) is 23.8. The number of hydrogen-bond acceptors (Lipinski definition) is 4. The van der Waals surface area contributed by atoms with Gasteiger partial charge in [-0.1, -0.05) is 29.8 Å². The van der Waals surface area contributed by atoms with E-state index in [0.29, 0.717) is 32.4 Å². The van der Waals surface area contributed by atoms with Crippen LogP contribution in [0.4, 0.5) is 18.9 Å². The van der Waals surface area contributed by atoms with E-state index in [1.54, 1.807) is 4.90 Å². The molecule has 1 fully saturated rings. The number of pyridine rings is 1. The van der Waals surface area contributed by atoms with E-state index in [-0.39, 0.29) is 27.9 Å². The van der Waals surface area contributed by atoms with Crippen molar-refractivity contribution in [2.45, 2.75) is 19.0 Å². The van der Waals surface area contributed by atoms with Crippen molar-refractivity contribution in [2.75, 3.05) is 31.1 Å². The molecule has 178 valence electrons. The lowest BCUT2D eigenvalue weighted by molar-refractivity contribution is -0.137. The average Bonchev–Trinajstić information content (AvgIpc) is 3.33.